The van der Waals surface area contributed by atoms with Gasteiger partial charge in [0.1, 0.15) is 11.4 Å². The van der Waals surface area contributed by atoms with Crippen LogP contribution in [0, 0.1) is 10.1 Å². The first-order chi connectivity index (χ1) is 16.7. The molecule has 3 aromatic rings. The Labute approximate surface area is 212 Å². The summed E-state index contributed by atoms with van der Waals surface area (Å²) in [7, 11) is 0. The van der Waals surface area contributed by atoms with E-state index in [0.29, 0.717) is 33.2 Å². The van der Waals surface area contributed by atoms with Gasteiger partial charge in [0.2, 0.25) is 0 Å². The number of phenols is 1. The van der Waals surface area contributed by atoms with Gasteiger partial charge in [-0.2, -0.15) is 5.11 Å². The highest BCUT2D eigenvalue weighted by molar-refractivity contribution is 8.18. The number of nitrogens with zero attached hydrogens (tertiary/aromatic N) is 4. The molecule has 4 rings (SSSR count). The number of nitro benzene ring substituents is 1. The number of benzene rings is 3. The largest absolute Gasteiger partial charge is 0.507 e. The number of amides is 2. The van der Waals surface area contributed by atoms with Crippen LogP contribution in [0.25, 0.3) is 6.08 Å². The molecule has 0 aromatic heterocycles. The summed E-state index contributed by atoms with van der Waals surface area (Å²) in [6, 6.07) is 15.0. The molecule has 1 N–H and O–H groups in total. The number of thioether (sulfide) groups is 1. The summed E-state index contributed by atoms with van der Waals surface area (Å²) in [4.78, 5) is 37.0. The summed E-state index contributed by atoms with van der Waals surface area (Å²) < 4.78 is 0. The molecule has 9 nitrogen and oxygen atoms in total. The number of hydrogen-bond acceptors (Lipinski definition) is 8. The number of carbonyl (C=O) groups excluding carboxylic acids is 2. The third kappa shape index (κ3) is 5.51. The van der Waals surface area contributed by atoms with E-state index in [1.54, 1.807) is 18.2 Å². The molecular weight excluding hydrogens is 515 g/mol. The minimum absolute atomic E-state index is 0.0544. The van der Waals surface area contributed by atoms with Gasteiger partial charge in [0, 0.05) is 22.2 Å². The predicted molar refractivity (Wildman–Crippen MR) is 133 cm³/mol. The van der Waals surface area contributed by atoms with Crippen molar-refractivity contribution in [1.82, 2.24) is 4.90 Å². The second-order valence-electron chi connectivity index (χ2n) is 7.19. The number of aromatic hydroxyl groups is 1. The number of halogens is 2. The summed E-state index contributed by atoms with van der Waals surface area (Å²) >= 11 is 12.6. The molecule has 1 aliphatic heterocycles. The van der Waals surface area contributed by atoms with Gasteiger partial charge in [-0.05, 0) is 54.2 Å². The molecule has 0 atom stereocenters. The van der Waals surface area contributed by atoms with Gasteiger partial charge in [-0.1, -0.05) is 41.4 Å². The van der Waals surface area contributed by atoms with Crippen LogP contribution in [-0.2, 0) is 11.3 Å². The van der Waals surface area contributed by atoms with Crippen LogP contribution in [0.15, 0.2) is 75.8 Å². The van der Waals surface area contributed by atoms with Crippen LogP contribution in [0.1, 0.15) is 11.1 Å². The van der Waals surface area contributed by atoms with E-state index in [1.165, 1.54) is 48.5 Å². The fourth-order valence-corrected chi connectivity index (χ4v) is 4.44. The quantitative estimate of drug-likeness (QED) is 0.155. The third-order valence-electron chi connectivity index (χ3n) is 4.87. The molecule has 0 unspecified atom stereocenters. The van der Waals surface area contributed by atoms with Gasteiger partial charge in [0.25, 0.3) is 16.8 Å². The Balaban J connectivity index is 1.58. The highest BCUT2D eigenvalue weighted by Crippen LogP contribution is 2.37. The van der Waals surface area contributed by atoms with Crippen LogP contribution in [0.2, 0.25) is 10.0 Å². The van der Waals surface area contributed by atoms with Crippen molar-refractivity contribution < 1.29 is 19.6 Å². The Bertz CT molecular complexity index is 1430. The first-order valence-corrected chi connectivity index (χ1v) is 11.5. The number of imide groups is 1. The van der Waals surface area contributed by atoms with Gasteiger partial charge in [0.05, 0.1) is 27.1 Å². The van der Waals surface area contributed by atoms with Crippen molar-refractivity contribution in [2.75, 3.05) is 0 Å². The van der Waals surface area contributed by atoms with Gasteiger partial charge in [-0.3, -0.25) is 24.6 Å². The number of azo groups is 1. The summed E-state index contributed by atoms with van der Waals surface area (Å²) in [6.45, 7) is -0.249. The second-order valence-corrected chi connectivity index (χ2v) is 9.03. The zero-order valence-electron chi connectivity index (χ0n) is 17.6. The molecular formula is C23H14Cl2N4O5S. The predicted octanol–water partition coefficient (Wildman–Crippen LogP) is 7.26. The lowest BCUT2D eigenvalue weighted by Crippen LogP contribution is -2.27. The standard InChI is InChI=1S/C23H14Cl2N4O5S/c24-15-5-7-18(17(25)11-15)27-26-16-6-8-20(30)14(9-16)10-21-22(31)28(23(32)35-21)12-13-3-1-2-4-19(13)29(33)34/h1-11,30H,12H2/b21-10-,27-26?. The molecule has 0 saturated carbocycles. The Morgan fingerprint density at radius 2 is 1.83 bits per heavy atom. The van der Waals surface area contributed by atoms with Gasteiger partial charge >= 0.3 is 0 Å². The molecule has 176 valence electrons. The summed E-state index contributed by atoms with van der Waals surface area (Å²) in [6.07, 6.45) is 1.36. The third-order valence-corrected chi connectivity index (χ3v) is 6.32. The van der Waals surface area contributed by atoms with E-state index in [2.05, 4.69) is 10.2 Å². The van der Waals surface area contributed by atoms with Crippen LogP contribution in [0.4, 0.5) is 21.9 Å². The molecule has 3 aromatic carbocycles. The normalized spacial score (nSPS) is 14.9. The van der Waals surface area contributed by atoms with E-state index in [9.17, 15) is 24.8 Å². The van der Waals surface area contributed by atoms with E-state index in [-0.39, 0.29) is 34.0 Å². The highest BCUT2D eigenvalue weighted by atomic mass is 35.5. The zero-order valence-corrected chi connectivity index (χ0v) is 19.9. The SMILES string of the molecule is O=C1S/C(=C\c2cc(N=Nc3ccc(Cl)cc3Cl)ccc2O)C(=O)N1Cc1ccccc1[N+](=O)[O-]. The van der Waals surface area contributed by atoms with Gasteiger partial charge in [0.15, 0.2) is 0 Å². The van der Waals surface area contributed by atoms with Crippen molar-refractivity contribution in [2.24, 2.45) is 10.2 Å². The molecule has 0 radical (unpaired) electrons. The number of carbonyl (C=O) groups is 2. The van der Waals surface area contributed by atoms with Crippen molar-refractivity contribution in [3.05, 3.63) is 96.9 Å². The Morgan fingerprint density at radius 1 is 1.06 bits per heavy atom. The first-order valence-electron chi connectivity index (χ1n) is 9.90. The van der Waals surface area contributed by atoms with Crippen LogP contribution in [-0.4, -0.2) is 26.1 Å². The number of rotatable bonds is 6. The Morgan fingerprint density at radius 3 is 2.57 bits per heavy atom. The fraction of sp³-hybridized carbons (Fsp3) is 0.0435. The van der Waals surface area contributed by atoms with E-state index in [4.69, 9.17) is 23.2 Å². The van der Waals surface area contributed by atoms with E-state index in [1.807, 2.05) is 0 Å². The van der Waals surface area contributed by atoms with Crippen molar-refractivity contribution in [3.63, 3.8) is 0 Å². The minimum atomic E-state index is -0.627. The fourth-order valence-electron chi connectivity index (χ4n) is 3.16. The summed E-state index contributed by atoms with van der Waals surface area (Å²) in [5, 5.41) is 29.9. The molecule has 2 amide bonds. The van der Waals surface area contributed by atoms with Crippen LogP contribution in [0.3, 0.4) is 0 Å². The highest BCUT2D eigenvalue weighted by Gasteiger charge is 2.36. The monoisotopic (exact) mass is 528 g/mol. The molecule has 0 spiro atoms. The molecule has 35 heavy (non-hydrogen) atoms. The first kappa shape index (κ1) is 24.4. The van der Waals surface area contributed by atoms with Gasteiger partial charge in [-0.25, -0.2) is 0 Å². The van der Waals surface area contributed by atoms with Crippen molar-refractivity contribution in [1.29, 1.82) is 0 Å². The van der Waals surface area contributed by atoms with Gasteiger partial charge in [-0.15, -0.1) is 5.11 Å². The minimum Gasteiger partial charge on any atom is -0.507 e. The van der Waals surface area contributed by atoms with Crippen LogP contribution >= 0.6 is 35.0 Å². The molecule has 1 heterocycles. The maximum absolute atomic E-state index is 12.9. The van der Waals surface area contributed by atoms with Crippen LogP contribution in [0.5, 0.6) is 5.75 Å². The number of hydrogen-bond donors (Lipinski definition) is 1. The van der Waals surface area contributed by atoms with Crippen molar-refractivity contribution >= 4 is 69.2 Å². The van der Waals surface area contributed by atoms with E-state index >= 15 is 0 Å². The van der Waals surface area contributed by atoms with E-state index < -0.39 is 16.1 Å². The number of para-hydroxylation sites is 1. The lowest BCUT2D eigenvalue weighted by Gasteiger charge is -2.12. The molecule has 1 fully saturated rings. The summed E-state index contributed by atoms with van der Waals surface area (Å²) in [5.41, 5.74) is 1.03. The molecule has 1 saturated heterocycles. The Kier molecular flexibility index (Phi) is 7.15. The van der Waals surface area contributed by atoms with E-state index in [0.717, 1.165) is 4.90 Å². The molecule has 0 bridgehead atoms. The zero-order chi connectivity index (χ0) is 25.1. The molecule has 1 aliphatic rings. The lowest BCUT2D eigenvalue weighted by atomic mass is 10.1. The second kappa shape index (κ2) is 10.3. The van der Waals surface area contributed by atoms with Gasteiger partial charge < -0.3 is 5.11 Å². The number of nitro groups is 1. The number of phenolic OH excluding ortho intramolecular Hbond substituents is 1. The maximum Gasteiger partial charge on any atom is 0.293 e. The average Bonchev–Trinajstić information content (AvgIpc) is 3.08. The lowest BCUT2D eigenvalue weighted by molar-refractivity contribution is -0.385. The maximum atomic E-state index is 12.9. The van der Waals surface area contributed by atoms with Crippen LogP contribution < -0.4 is 0 Å². The average molecular weight is 529 g/mol. The Hall–Kier alpha value is -3.73. The van der Waals surface area contributed by atoms with Crippen molar-refractivity contribution in [2.45, 2.75) is 6.54 Å². The smallest absolute Gasteiger partial charge is 0.293 e. The topological polar surface area (TPSA) is 125 Å². The molecule has 12 heteroatoms. The molecule has 0 aliphatic carbocycles. The summed E-state index contributed by atoms with van der Waals surface area (Å²) in [5.74, 6) is -0.767. The van der Waals surface area contributed by atoms with Crippen molar-refractivity contribution in [3.8, 4) is 5.75 Å².